The van der Waals surface area contributed by atoms with Crippen molar-refractivity contribution in [2.75, 3.05) is 0 Å². The predicted molar refractivity (Wildman–Crippen MR) is 80.6 cm³/mol. The minimum Gasteiger partial charge on any atom is -0.327 e. The third-order valence-electron chi connectivity index (χ3n) is 2.71. The van der Waals surface area contributed by atoms with Gasteiger partial charge in [-0.3, -0.25) is 4.40 Å². The molecule has 0 aliphatic rings. The van der Waals surface area contributed by atoms with E-state index in [2.05, 4.69) is 43.7 Å². The molecular formula is C13H21N3S2. The molecule has 2 N–H and O–H groups in total. The fourth-order valence-electron chi connectivity index (χ4n) is 1.76. The van der Waals surface area contributed by atoms with Crippen LogP contribution >= 0.6 is 23.1 Å². The largest absolute Gasteiger partial charge is 0.327 e. The van der Waals surface area contributed by atoms with Crippen molar-refractivity contribution in [1.29, 1.82) is 0 Å². The summed E-state index contributed by atoms with van der Waals surface area (Å²) in [5, 5.41) is 3.22. The molecule has 0 aliphatic carbocycles. The van der Waals surface area contributed by atoms with E-state index in [0.29, 0.717) is 0 Å². The molecule has 2 heterocycles. The van der Waals surface area contributed by atoms with Crippen LogP contribution in [0.3, 0.4) is 0 Å². The second-order valence-corrected chi connectivity index (χ2v) is 8.19. The van der Waals surface area contributed by atoms with Crippen molar-refractivity contribution in [3.8, 4) is 0 Å². The molecule has 18 heavy (non-hydrogen) atoms. The number of fused-ring (bicyclic) bond motifs is 1. The first kappa shape index (κ1) is 13.9. The molecule has 0 fully saturated rings. The summed E-state index contributed by atoms with van der Waals surface area (Å²) < 4.78 is 2.36. The van der Waals surface area contributed by atoms with Crippen molar-refractivity contribution in [2.45, 2.75) is 56.4 Å². The van der Waals surface area contributed by atoms with Gasteiger partial charge in [-0.15, -0.1) is 11.3 Å². The molecule has 0 spiro atoms. The Kier molecular flexibility index (Phi) is 4.04. The predicted octanol–water partition coefficient (Wildman–Crippen LogP) is 3.57. The molecular weight excluding hydrogens is 262 g/mol. The maximum Gasteiger partial charge on any atom is 0.194 e. The normalized spacial score (nSPS) is 14.3. The summed E-state index contributed by atoms with van der Waals surface area (Å²) in [5.41, 5.74) is 7.37. The minimum atomic E-state index is 0.176. The highest BCUT2D eigenvalue weighted by molar-refractivity contribution is 8.00. The number of thioether (sulfide) groups is 1. The Morgan fingerprint density at radius 1 is 1.50 bits per heavy atom. The van der Waals surface area contributed by atoms with E-state index < -0.39 is 0 Å². The molecule has 0 radical (unpaired) electrons. The summed E-state index contributed by atoms with van der Waals surface area (Å²) in [6.07, 6.45) is 3.99. The lowest BCUT2D eigenvalue weighted by molar-refractivity contribution is 0.626. The summed E-state index contributed by atoms with van der Waals surface area (Å²) in [7, 11) is 0. The molecule has 100 valence electrons. The van der Waals surface area contributed by atoms with E-state index in [4.69, 9.17) is 10.7 Å². The van der Waals surface area contributed by atoms with Gasteiger partial charge in [0.2, 0.25) is 0 Å². The number of nitrogens with zero attached hydrogens (tertiary/aromatic N) is 2. The fourth-order valence-corrected chi connectivity index (χ4v) is 3.57. The van der Waals surface area contributed by atoms with Crippen LogP contribution in [0.25, 0.3) is 4.96 Å². The van der Waals surface area contributed by atoms with Crippen LogP contribution in [0.4, 0.5) is 0 Å². The smallest absolute Gasteiger partial charge is 0.194 e. The van der Waals surface area contributed by atoms with E-state index in [1.165, 1.54) is 5.69 Å². The fraction of sp³-hybridized carbons (Fsp3) is 0.615. The maximum absolute atomic E-state index is 6.11. The number of rotatable bonds is 4. The van der Waals surface area contributed by atoms with Gasteiger partial charge >= 0.3 is 0 Å². The Balaban J connectivity index is 2.38. The molecule has 0 amide bonds. The van der Waals surface area contributed by atoms with Crippen molar-refractivity contribution < 1.29 is 0 Å². The first-order valence-electron chi connectivity index (χ1n) is 6.29. The third-order valence-corrected chi connectivity index (χ3v) is 4.60. The first-order valence-corrected chi connectivity index (χ1v) is 7.99. The zero-order valence-corrected chi connectivity index (χ0v) is 13.1. The monoisotopic (exact) mass is 283 g/mol. The Hall–Kier alpha value is -0.520. The molecule has 0 aliphatic heterocycles. The Morgan fingerprint density at radius 3 is 2.83 bits per heavy atom. The zero-order chi connectivity index (χ0) is 13.3. The van der Waals surface area contributed by atoms with E-state index in [9.17, 15) is 0 Å². The third kappa shape index (κ3) is 3.08. The number of nitrogens with two attached hydrogens (primary N) is 1. The molecule has 0 saturated carbocycles. The highest BCUT2D eigenvalue weighted by Crippen LogP contribution is 2.35. The van der Waals surface area contributed by atoms with Crippen LogP contribution in [0, 0.1) is 0 Å². The topological polar surface area (TPSA) is 43.3 Å². The quantitative estimate of drug-likeness (QED) is 0.872. The van der Waals surface area contributed by atoms with Crippen LogP contribution in [-0.4, -0.2) is 20.2 Å². The lowest BCUT2D eigenvalue weighted by atomic mass is 10.1. The number of thiazole rings is 1. The minimum absolute atomic E-state index is 0.176. The molecule has 2 rings (SSSR count). The molecule has 2 aromatic heterocycles. The van der Waals surface area contributed by atoms with Gasteiger partial charge in [-0.2, -0.15) is 0 Å². The van der Waals surface area contributed by atoms with Crippen molar-refractivity contribution in [3.05, 3.63) is 17.3 Å². The number of hydrogen-bond donors (Lipinski definition) is 1. The average molecular weight is 283 g/mol. The molecule has 1 atom stereocenters. The second kappa shape index (κ2) is 5.23. The molecule has 1 unspecified atom stereocenters. The van der Waals surface area contributed by atoms with Crippen molar-refractivity contribution in [3.63, 3.8) is 0 Å². The number of aromatic nitrogens is 2. The van der Waals surface area contributed by atoms with Gasteiger partial charge in [-0.05, 0) is 6.42 Å². The van der Waals surface area contributed by atoms with Gasteiger partial charge < -0.3 is 5.73 Å². The lowest BCUT2D eigenvalue weighted by Gasteiger charge is -2.17. The van der Waals surface area contributed by atoms with Gasteiger partial charge in [0, 0.05) is 28.8 Å². The Bertz CT molecular complexity index is 522. The zero-order valence-electron chi connectivity index (χ0n) is 11.4. The molecule has 0 aromatic carbocycles. The van der Waals surface area contributed by atoms with Gasteiger partial charge in [-0.25, -0.2) is 4.98 Å². The highest BCUT2D eigenvalue weighted by Gasteiger charge is 2.21. The van der Waals surface area contributed by atoms with E-state index in [-0.39, 0.29) is 10.8 Å². The van der Waals surface area contributed by atoms with Crippen LogP contribution in [0.15, 0.2) is 16.6 Å². The van der Waals surface area contributed by atoms with Gasteiger partial charge in [-0.1, -0.05) is 39.5 Å². The van der Waals surface area contributed by atoms with Crippen molar-refractivity contribution in [2.24, 2.45) is 5.73 Å². The van der Waals surface area contributed by atoms with Crippen LogP contribution in [0.2, 0.25) is 0 Å². The van der Waals surface area contributed by atoms with E-state index >= 15 is 0 Å². The highest BCUT2D eigenvalue weighted by atomic mass is 32.2. The molecule has 3 nitrogen and oxygen atoms in total. The molecule has 5 heteroatoms. The summed E-state index contributed by atoms with van der Waals surface area (Å²) in [6.45, 7) is 8.78. The van der Waals surface area contributed by atoms with Crippen LogP contribution in [-0.2, 0) is 6.42 Å². The van der Waals surface area contributed by atoms with Crippen LogP contribution in [0.1, 0.15) is 39.8 Å². The summed E-state index contributed by atoms with van der Waals surface area (Å²) >= 11 is 3.51. The first-order chi connectivity index (χ1) is 8.40. The number of imidazole rings is 1. The van der Waals surface area contributed by atoms with Crippen molar-refractivity contribution >= 4 is 28.1 Å². The number of hydrogen-bond acceptors (Lipinski definition) is 4. The lowest BCUT2D eigenvalue weighted by Crippen LogP contribution is -2.22. The molecule has 2 aromatic rings. The Labute approximate surface area is 117 Å². The Morgan fingerprint density at radius 2 is 2.22 bits per heavy atom. The van der Waals surface area contributed by atoms with Gasteiger partial charge in [0.05, 0.1) is 5.69 Å². The molecule has 0 bridgehead atoms. The van der Waals surface area contributed by atoms with Gasteiger partial charge in [0.15, 0.2) is 4.96 Å². The average Bonchev–Trinajstić information content (AvgIpc) is 2.80. The van der Waals surface area contributed by atoms with E-state index in [1.807, 2.05) is 11.8 Å². The van der Waals surface area contributed by atoms with Crippen molar-refractivity contribution in [1.82, 2.24) is 9.38 Å². The summed E-state index contributed by atoms with van der Waals surface area (Å²) in [4.78, 5) is 5.80. The van der Waals surface area contributed by atoms with Gasteiger partial charge in [0.25, 0.3) is 0 Å². The van der Waals surface area contributed by atoms with Crippen LogP contribution in [0.5, 0.6) is 0 Å². The summed E-state index contributed by atoms with van der Waals surface area (Å²) in [6, 6.07) is 0.212. The van der Waals surface area contributed by atoms with E-state index in [1.54, 1.807) is 11.3 Å². The maximum atomic E-state index is 6.11. The summed E-state index contributed by atoms with van der Waals surface area (Å²) in [5.74, 6) is 0. The van der Waals surface area contributed by atoms with Gasteiger partial charge in [0.1, 0.15) is 5.03 Å². The van der Waals surface area contributed by atoms with E-state index in [0.717, 1.165) is 22.8 Å². The van der Waals surface area contributed by atoms with Crippen LogP contribution < -0.4 is 5.73 Å². The molecule has 0 saturated heterocycles. The SMILES string of the molecule is CCC(N)Cc1c(SC(C)(C)C)nc2sccn12. The second-order valence-electron chi connectivity index (χ2n) is 5.51. The standard InChI is InChI=1S/C13H21N3S2/c1-5-9(14)8-10-11(18-13(2,3)4)15-12-16(10)6-7-17-12/h6-7,9H,5,8,14H2,1-4H3.